The second-order valence-corrected chi connectivity index (χ2v) is 7.21. The van der Waals surface area contributed by atoms with E-state index in [9.17, 15) is 13.2 Å². The minimum atomic E-state index is -3.97. The highest BCUT2D eigenvalue weighted by Gasteiger charge is 2.27. The molecule has 0 saturated carbocycles. The molecule has 0 atom stereocenters. The zero-order valence-electron chi connectivity index (χ0n) is 11.1. The van der Waals surface area contributed by atoms with Crippen molar-refractivity contribution in [1.82, 2.24) is 4.98 Å². The van der Waals surface area contributed by atoms with Crippen LogP contribution in [0.3, 0.4) is 0 Å². The summed E-state index contributed by atoms with van der Waals surface area (Å²) in [6.07, 6.45) is 0. The summed E-state index contributed by atoms with van der Waals surface area (Å²) in [5.41, 5.74) is 2.09. The Bertz CT molecular complexity index is 786. The van der Waals surface area contributed by atoms with Crippen LogP contribution >= 0.6 is 22.9 Å². The molecule has 0 unspecified atom stereocenters. The summed E-state index contributed by atoms with van der Waals surface area (Å²) in [7, 11) is -2.82. The number of nitrogens with zero attached hydrogens (tertiary/aromatic N) is 1. The lowest BCUT2D eigenvalue weighted by molar-refractivity contribution is 0.0590. The van der Waals surface area contributed by atoms with Crippen molar-refractivity contribution in [3.8, 4) is 0 Å². The molecule has 1 aromatic heterocycles. The fraction of sp³-hybridized carbons (Fsp3) is 0.167. The minimum absolute atomic E-state index is 0.216. The predicted molar refractivity (Wildman–Crippen MR) is 80.5 cm³/mol. The average molecular weight is 347 g/mol. The van der Waals surface area contributed by atoms with E-state index in [0.29, 0.717) is 0 Å². The number of carbonyl (C=O) groups excluding carboxylic acids is 1. The molecule has 0 fully saturated rings. The van der Waals surface area contributed by atoms with Crippen molar-refractivity contribution in [3.63, 3.8) is 0 Å². The molecule has 1 aromatic carbocycles. The Morgan fingerprint density at radius 2 is 2.14 bits per heavy atom. The van der Waals surface area contributed by atoms with Crippen molar-refractivity contribution in [1.29, 1.82) is 0 Å². The summed E-state index contributed by atoms with van der Waals surface area (Å²) >= 11 is 6.79. The van der Waals surface area contributed by atoms with Crippen LogP contribution < -0.4 is 4.72 Å². The lowest BCUT2D eigenvalue weighted by atomic mass is 10.2. The number of ether oxygens (including phenoxy) is 1. The number of anilines is 1. The number of aryl methyl sites for hydroxylation is 1. The Labute approximate surface area is 130 Å². The lowest BCUT2D eigenvalue weighted by Gasteiger charge is -2.09. The van der Waals surface area contributed by atoms with Crippen LogP contribution in [0.4, 0.5) is 5.69 Å². The van der Waals surface area contributed by atoms with Gasteiger partial charge in [-0.25, -0.2) is 18.2 Å². The molecule has 1 N–H and O–H groups in total. The Morgan fingerprint density at radius 3 is 2.81 bits per heavy atom. The molecule has 112 valence electrons. The van der Waals surface area contributed by atoms with Gasteiger partial charge in [0, 0.05) is 0 Å². The van der Waals surface area contributed by atoms with Crippen molar-refractivity contribution in [2.45, 2.75) is 11.1 Å². The van der Waals surface area contributed by atoms with E-state index < -0.39 is 16.0 Å². The van der Waals surface area contributed by atoms with Crippen molar-refractivity contribution >= 4 is 44.6 Å². The number of carbonyl (C=O) groups is 1. The number of benzene rings is 1. The molecule has 0 radical (unpaired) electrons. The average Bonchev–Trinajstić information content (AvgIpc) is 2.92. The molecule has 0 spiro atoms. The summed E-state index contributed by atoms with van der Waals surface area (Å²) in [6.45, 7) is 1.81. The standard InChI is InChI=1S/C12H11ClN2O4S2/c1-7-3-4-8(13)9(5-7)15-21(17,18)12-10(11(16)19-2)14-6-20-12/h3-6,15H,1-2H3. The van der Waals surface area contributed by atoms with E-state index in [1.807, 2.05) is 0 Å². The molecule has 2 aromatic rings. The molecule has 0 aliphatic rings. The van der Waals surface area contributed by atoms with Gasteiger partial charge in [-0.2, -0.15) is 0 Å². The highest BCUT2D eigenvalue weighted by Crippen LogP contribution is 2.28. The van der Waals surface area contributed by atoms with Gasteiger partial charge in [0.2, 0.25) is 0 Å². The second kappa shape index (κ2) is 6.00. The molecule has 0 aliphatic heterocycles. The molecule has 6 nitrogen and oxygen atoms in total. The third kappa shape index (κ3) is 3.34. The van der Waals surface area contributed by atoms with Gasteiger partial charge in [0.1, 0.15) is 0 Å². The number of nitrogens with one attached hydrogen (secondary N) is 1. The van der Waals surface area contributed by atoms with Gasteiger partial charge in [0.05, 0.1) is 23.3 Å². The smallest absolute Gasteiger partial charge is 0.358 e. The lowest BCUT2D eigenvalue weighted by Crippen LogP contribution is -2.16. The van der Waals surface area contributed by atoms with Crippen LogP contribution in [0.25, 0.3) is 0 Å². The first-order valence-electron chi connectivity index (χ1n) is 5.66. The van der Waals surface area contributed by atoms with Crippen molar-refractivity contribution in [3.05, 3.63) is 40.0 Å². The SMILES string of the molecule is COC(=O)c1ncsc1S(=O)(=O)Nc1cc(C)ccc1Cl. The number of methoxy groups -OCH3 is 1. The van der Waals surface area contributed by atoms with Crippen LogP contribution in [0.15, 0.2) is 27.9 Å². The van der Waals surface area contributed by atoms with Crippen LogP contribution in [0.5, 0.6) is 0 Å². The number of hydrogen-bond donors (Lipinski definition) is 1. The third-order valence-corrected chi connectivity index (χ3v) is 5.59. The fourth-order valence-corrected chi connectivity index (χ4v) is 3.99. The molecule has 0 bridgehead atoms. The van der Waals surface area contributed by atoms with E-state index in [0.717, 1.165) is 24.0 Å². The first-order valence-corrected chi connectivity index (χ1v) is 8.40. The first kappa shape index (κ1) is 15.7. The van der Waals surface area contributed by atoms with Crippen molar-refractivity contribution in [2.75, 3.05) is 11.8 Å². The van der Waals surface area contributed by atoms with Gasteiger partial charge in [-0.15, -0.1) is 11.3 Å². The van der Waals surface area contributed by atoms with Gasteiger partial charge in [-0.05, 0) is 24.6 Å². The largest absolute Gasteiger partial charge is 0.464 e. The highest BCUT2D eigenvalue weighted by atomic mass is 35.5. The van der Waals surface area contributed by atoms with E-state index in [4.69, 9.17) is 11.6 Å². The van der Waals surface area contributed by atoms with E-state index in [1.54, 1.807) is 25.1 Å². The number of rotatable bonds is 4. The zero-order valence-corrected chi connectivity index (χ0v) is 13.5. The summed E-state index contributed by atoms with van der Waals surface area (Å²) in [4.78, 5) is 15.2. The Morgan fingerprint density at radius 1 is 1.43 bits per heavy atom. The van der Waals surface area contributed by atoms with Crippen LogP contribution in [-0.2, 0) is 14.8 Å². The number of aromatic nitrogens is 1. The molecule has 21 heavy (non-hydrogen) atoms. The molecule has 2 rings (SSSR count). The van der Waals surface area contributed by atoms with Gasteiger partial charge < -0.3 is 4.74 Å². The van der Waals surface area contributed by atoms with Crippen LogP contribution in [0.1, 0.15) is 16.1 Å². The molecule has 0 amide bonds. The fourth-order valence-electron chi connectivity index (χ4n) is 1.57. The predicted octanol–water partition coefficient (Wildman–Crippen LogP) is 2.69. The number of esters is 1. The van der Waals surface area contributed by atoms with E-state index in [2.05, 4.69) is 14.4 Å². The molecular formula is C12H11ClN2O4S2. The van der Waals surface area contributed by atoms with E-state index in [1.165, 1.54) is 5.51 Å². The quantitative estimate of drug-likeness (QED) is 0.860. The summed E-state index contributed by atoms with van der Waals surface area (Å²) in [5.74, 6) is -0.813. The monoisotopic (exact) mass is 346 g/mol. The number of hydrogen-bond acceptors (Lipinski definition) is 6. The van der Waals surface area contributed by atoms with E-state index in [-0.39, 0.29) is 20.6 Å². The normalized spacial score (nSPS) is 11.2. The molecule has 0 saturated heterocycles. The topological polar surface area (TPSA) is 85.4 Å². The maximum atomic E-state index is 12.4. The highest BCUT2D eigenvalue weighted by molar-refractivity contribution is 7.94. The summed E-state index contributed by atoms with van der Waals surface area (Å²) < 4.78 is 31.4. The third-order valence-electron chi connectivity index (χ3n) is 2.52. The van der Waals surface area contributed by atoms with Crippen LogP contribution in [0.2, 0.25) is 5.02 Å². The Balaban J connectivity index is 2.42. The molecule has 9 heteroatoms. The van der Waals surface area contributed by atoms with Crippen molar-refractivity contribution in [2.24, 2.45) is 0 Å². The van der Waals surface area contributed by atoms with Gasteiger partial charge in [-0.1, -0.05) is 17.7 Å². The maximum Gasteiger partial charge on any atom is 0.358 e. The molecule has 0 aliphatic carbocycles. The van der Waals surface area contributed by atoms with E-state index >= 15 is 0 Å². The second-order valence-electron chi connectivity index (χ2n) is 4.07. The summed E-state index contributed by atoms with van der Waals surface area (Å²) in [5, 5.41) is 0.258. The van der Waals surface area contributed by atoms with Gasteiger partial charge in [0.15, 0.2) is 9.90 Å². The Kier molecular flexibility index (Phi) is 4.50. The first-order chi connectivity index (χ1) is 9.85. The number of sulfonamides is 1. The van der Waals surface area contributed by atoms with Crippen LogP contribution in [0, 0.1) is 6.92 Å². The Hall–Kier alpha value is -1.64. The molecular weight excluding hydrogens is 336 g/mol. The molecule has 1 heterocycles. The number of thiazole rings is 1. The van der Waals surface area contributed by atoms with Crippen LogP contribution in [-0.4, -0.2) is 26.5 Å². The minimum Gasteiger partial charge on any atom is -0.464 e. The van der Waals surface area contributed by atoms with Crippen molar-refractivity contribution < 1.29 is 17.9 Å². The number of halogens is 1. The van der Waals surface area contributed by atoms with Gasteiger partial charge >= 0.3 is 5.97 Å². The van der Waals surface area contributed by atoms with Gasteiger partial charge in [-0.3, -0.25) is 4.72 Å². The van der Waals surface area contributed by atoms with Gasteiger partial charge in [0.25, 0.3) is 10.0 Å². The zero-order chi connectivity index (χ0) is 15.6. The summed E-state index contributed by atoms with van der Waals surface area (Å²) in [6, 6.07) is 4.94. The maximum absolute atomic E-state index is 12.4.